The van der Waals surface area contributed by atoms with Gasteiger partial charge in [-0.05, 0) is 32.2 Å². The second-order valence-electron chi connectivity index (χ2n) is 4.73. The zero-order chi connectivity index (χ0) is 15.1. The minimum Gasteiger partial charge on any atom is -0.483 e. The third-order valence-corrected chi connectivity index (χ3v) is 3.05. The molecule has 5 heteroatoms. The Morgan fingerprint density at radius 1 is 1.29 bits per heavy atom. The first-order valence-electron chi connectivity index (χ1n) is 6.88. The maximum atomic E-state index is 11.9. The first-order chi connectivity index (χ1) is 10.2. The number of hydrogen-bond donors (Lipinski definition) is 2. The fourth-order valence-corrected chi connectivity index (χ4v) is 2.02. The molecule has 0 saturated heterocycles. The van der Waals surface area contributed by atoms with Crippen molar-refractivity contribution in [2.75, 3.05) is 13.7 Å². The van der Waals surface area contributed by atoms with Crippen molar-refractivity contribution < 1.29 is 13.9 Å². The van der Waals surface area contributed by atoms with Crippen LogP contribution in [-0.2, 0) is 11.3 Å². The average Bonchev–Trinajstić information content (AvgIpc) is 3.01. The van der Waals surface area contributed by atoms with Gasteiger partial charge >= 0.3 is 0 Å². The largest absolute Gasteiger partial charge is 0.483 e. The lowest BCUT2D eigenvalue weighted by Gasteiger charge is -2.14. The molecule has 2 N–H and O–H groups in total. The van der Waals surface area contributed by atoms with Crippen LogP contribution in [0, 0.1) is 0 Å². The van der Waals surface area contributed by atoms with E-state index in [1.54, 1.807) is 12.3 Å². The fraction of sp³-hybridized carbons (Fsp3) is 0.312. The van der Waals surface area contributed by atoms with E-state index in [-0.39, 0.29) is 18.6 Å². The van der Waals surface area contributed by atoms with E-state index in [9.17, 15) is 4.79 Å². The highest BCUT2D eigenvalue weighted by atomic mass is 16.5. The molecule has 21 heavy (non-hydrogen) atoms. The van der Waals surface area contributed by atoms with Crippen molar-refractivity contribution in [2.45, 2.75) is 19.5 Å². The number of carbonyl (C=O) groups is 1. The highest BCUT2D eigenvalue weighted by Gasteiger charge is 2.12. The van der Waals surface area contributed by atoms with Gasteiger partial charge in [-0.25, -0.2) is 0 Å². The lowest BCUT2D eigenvalue weighted by Crippen LogP contribution is -2.31. The molecule has 0 spiro atoms. The summed E-state index contributed by atoms with van der Waals surface area (Å²) >= 11 is 0. The molecule has 1 aromatic heterocycles. The van der Waals surface area contributed by atoms with Gasteiger partial charge in [0.15, 0.2) is 6.61 Å². The summed E-state index contributed by atoms with van der Waals surface area (Å²) in [4.78, 5) is 11.9. The Bertz CT molecular complexity index is 567. The van der Waals surface area contributed by atoms with Crippen molar-refractivity contribution in [3.63, 3.8) is 0 Å². The van der Waals surface area contributed by atoms with Gasteiger partial charge in [0.1, 0.15) is 11.5 Å². The summed E-state index contributed by atoms with van der Waals surface area (Å²) in [7, 11) is 1.87. The van der Waals surface area contributed by atoms with Crippen molar-refractivity contribution >= 4 is 5.91 Å². The maximum Gasteiger partial charge on any atom is 0.258 e. The molecule has 0 radical (unpaired) electrons. The molecule has 1 atom stereocenters. The van der Waals surface area contributed by atoms with Gasteiger partial charge in [0.25, 0.3) is 5.91 Å². The number of hydrogen-bond acceptors (Lipinski definition) is 4. The summed E-state index contributed by atoms with van der Waals surface area (Å²) in [5.74, 6) is 1.25. The number of furan rings is 1. The zero-order valence-corrected chi connectivity index (χ0v) is 12.3. The molecular weight excluding hydrogens is 268 g/mol. The van der Waals surface area contributed by atoms with Crippen molar-refractivity contribution in [3.8, 4) is 5.75 Å². The molecule has 2 aromatic rings. The van der Waals surface area contributed by atoms with Gasteiger partial charge in [0.2, 0.25) is 0 Å². The van der Waals surface area contributed by atoms with Crippen LogP contribution >= 0.6 is 0 Å². The van der Waals surface area contributed by atoms with Crippen LogP contribution in [0.5, 0.6) is 5.75 Å². The van der Waals surface area contributed by atoms with E-state index in [0.717, 1.165) is 11.3 Å². The van der Waals surface area contributed by atoms with Crippen LogP contribution in [0.2, 0.25) is 0 Å². The van der Waals surface area contributed by atoms with E-state index in [2.05, 4.69) is 10.6 Å². The number of para-hydroxylation sites is 1. The number of amides is 1. The van der Waals surface area contributed by atoms with Crippen LogP contribution in [0.1, 0.15) is 24.3 Å². The molecule has 1 aromatic carbocycles. The summed E-state index contributed by atoms with van der Waals surface area (Å²) in [6.07, 6.45) is 1.59. The lowest BCUT2D eigenvalue weighted by atomic mass is 10.2. The van der Waals surface area contributed by atoms with Crippen molar-refractivity contribution in [1.82, 2.24) is 10.6 Å². The summed E-state index contributed by atoms with van der Waals surface area (Å²) < 4.78 is 10.8. The van der Waals surface area contributed by atoms with Gasteiger partial charge in [0.05, 0.1) is 12.3 Å². The molecule has 1 heterocycles. The molecule has 5 nitrogen and oxygen atoms in total. The first kappa shape index (κ1) is 15.1. The van der Waals surface area contributed by atoms with Crippen molar-refractivity contribution in [3.05, 3.63) is 54.0 Å². The summed E-state index contributed by atoms with van der Waals surface area (Å²) in [6.45, 7) is 2.54. The van der Waals surface area contributed by atoms with Gasteiger partial charge in [-0.15, -0.1) is 0 Å². The van der Waals surface area contributed by atoms with E-state index in [1.165, 1.54) is 0 Å². The molecule has 0 bridgehead atoms. The van der Waals surface area contributed by atoms with Gasteiger partial charge in [0, 0.05) is 12.1 Å². The molecule has 0 aliphatic carbocycles. The second kappa shape index (κ2) is 7.50. The molecule has 2 rings (SSSR count). The van der Waals surface area contributed by atoms with E-state index in [1.807, 2.05) is 44.3 Å². The smallest absolute Gasteiger partial charge is 0.258 e. The maximum absolute atomic E-state index is 11.9. The monoisotopic (exact) mass is 288 g/mol. The van der Waals surface area contributed by atoms with Gasteiger partial charge in [-0.2, -0.15) is 0 Å². The van der Waals surface area contributed by atoms with Crippen LogP contribution in [0.4, 0.5) is 0 Å². The molecule has 1 amide bonds. The third kappa shape index (κ3) is 4.36. The van der Waals surface area contributed by atoms with Crippen molar-refractivity contribution in [1.29, 1.82) is 0 Å². The van der Waals surface area contributed by atoms with E-state index in [0.29, 0.717) is 12.3 Å². The first-order valence-corrected chi connectivity index (χ1v) is 6.88. The average molecular weight is 288 g/mol. The van der Waals surface area contributed by atoms with Gasteiger partial charge < -0.3 is 19.8 Å². The predicted octanol–water partition coefficient (Wildman–Crippen LogP) is 2.26. The van der Waals surface area contributed by atoms with Crippen LogP contribution in [-0.4, -0.2) is 19.6 Å². The Balaban J connectivity index is 1.86. The normalized spacial score (nSPS) is 11.9. The fourth-order valence-electron chi connectivity index (χ4n) is 2.02. The minimum absolute atomic E-state index is 0.0220. The number of nitrogens with one attached hydrogen (secondary N) is 2. The van der Waals surface area contributed by atoms with Crippen molar-refractivity contribution in [2.24, 2.45) is 0 Å². The van der Waals surface area contributed by atoms with Crippen LogP contribution in [0.3, 0.4) is 0 Å². The van der Waals surface area contributed by atoms with E-state index >= 15 is 0 Å². The standard InChI is InChI=1S/C16H20N2O3/c1-12(14-8-5-9-20-14)18-16(19)11-21-15-7-4-3-6-13(15)10-17-2/h3-9,12,17H,10-11H2,1-2H3,(H,18,19). The Morgan fingerprint density at radius 2 is 2.10 bits per heavy atom. The quantitative estimate of drug-likeness (QED) is 0.820. The Kier molecular flexibility index (Phi) is 5.40. The predicted molar refractivity (Wildman–Crippen MR) is 80.0 cm³/mol. The highest BCUT2D eigenvalue weighted by Crippen LogP contribution is 2.17. The summed E-state index contributed by atoms with van der Waals surface area (Å²) in [5, 5.41) is 5.90. The van der Waals surface area contributed by atoms with Crippen LogP contribution in [0.25, 0.3) is 0 Å². The molecular formula is C16H20N2O3. The number of carbonyl (C=O) groups excluding carboxylic acids is 1. The highest BCUT2D eigenvalue weighted by molar-refractivity contribution is 5.77. The van der Waals surface area contributed by atoms with Crippen LogP contribution < -0.4 is 15.4 Å². The lowest BCUT2D eigenvalue weighted by molar-refractivity contribution is -0.123. The van der Waals surface area contributed by atoms with Gasteiger partial charge in [-0.1, -0.05) is 18.2 Å². The summed E-state index contributed by atoms with van der Waals surface area (Å²) in [6, 6.07) is 11.1. The number of benzene rings is 1. The zero-order valence-electron chi connectivity index (χ0n) is 12.3. The Hall–Kier alpha value is -2.27. The molecule has 112 valence electrons. The Labute approximate surface area is 124 Å². The molecule has 0 aliphatic rings. The minimum atomic E-state index is -0.182. The second-order valence-corrected chi connectivity index (χ2v) is 4.73. The molecule has 1 unspecified atom stereocenters. The van der Waals surface area contributed by atoms with E-state index in [4.69, 9.17) is 9.15 Å². The van der Waals surface area contributed by atoms with Gasteiger partial charge in [-0.3, -0.25) is 4.79 Å². The SMILES string of the molecule is CNCc1ccccc1OCC(=O)NC(C)c1ccco1. The molecule has 0 aliphatic heterocycles. The number of rotatable bonds is 7. The van der Waals surface area contributed by atoms with Crippen LogP contribution in [0.15, 0.2) is 47.1 Å². The third-order valence-electron chi connectivity index (χ3n) is 3.05. The Morgan fingerprint density at radius 3 is 2.81 bits per heavy atom. The topological polar surface area (TPSA) is 63.5 Å². The van der Waals surface area contributed by atoms with E-state index < -0.39 is 0 Å². The molecule has 0 fully saturated rings. The number of ether oxygens (including phenoxy) is 1. The molecule has 0 saturated carbocycles. The summed E-state index contributed by atoms with van der Waals surface area (Å²) in [5.41, 5.74) is 1.02.